The molecule has 0 saturated carbocycles. The fourth-order valence-electron chi connectivity index (χ4n) is 3.44. The van der Waals surface area contributed by atoms with Gasteiger partial charge in [0.05, 0.1) is 19.6 Å². The van der Waals surface area contributed by atoms with E-state index in [-0.39, 0.29) is 5.78 Å². The minimum absolute atomic E-state index is 0.0211. The monoisotopic (exact) mass is 419 g/mol. The highest BCUT2D eigenvalue weighted by atomic mass is 16.5. The summed E-state index contributed by atoms with van der Waals surface area (Å²) < 4.78 is 17.4. The van der Waals surface area contributed by atoms with E-state index in [1.165, 1.54) is 0 Å². The summed E-state index contributed by atoms with van der Waals surface area (Å²) in [5, 5.41) is 0. The molecule has 5 nitrogen and oxygen atoms in total. The number of ether oxygens (including phenoxy) is 3. The Kier molecular flexibility index (Phi) is 7.55. The van der Waals surface area contributed by atoms with Crippen molar-refractivity contribution in [2.75, 3.05) is 19.5 Å². The summed E-state index contributed by atoms with van der Waals surface area (Å²) in [5.41, 5.74) is 8.31. The second-order valence-corrected chi connectivity index (χ2v) is 7.40. The first-order valence-corrected chi connectivity index (χ1v) is 10.4. The van der Waals surface area contributed by atoms with Crippen molar-refractivity contribution >= 4 is 11.5 Å². The highest BCUT2D eigenvalue weighted by molar-refractivity contribution is 5.85. The predicted octanol–water partition coefficient (Wildman–Crippen LogP) is 5.77. The Morgan fingerprint density at radius 2 is 1.71 bits per heavy atom. The molecule has 1 atom stereocenters. The molecule has 3 aromatic carbocycles. The highest BCUT2D eigenvalue weighted by Gasteiger charge is 2.24. The molecule has 0 aromatic heterocycles. The fraction of sp³-hybridized carbons (Fsp3) is 0.269. The van der Waals surface area contributed by atoms with Gasteiger partial charge >= 0.3 is 0 Å². The van der Waals surface area contributed by atoms with Gasteiger partial charge in [0.2, 0.25) is 0 Å². The van der Waals surface area contributed by atoms with Gasteiger partial charge in [-0.25, -0.2) is 0 Å². The Morgan fingerprint density at radius 3 is 2.39 bits per heavy atom. The van der Waals surface area contributed by atoms with Gasteiger partial charge in [-0.3, -0.25) is 4.79 Å². The Morgan fingerprint density at radius 1 is 0.968 bits per heavy atom. The van der Waals surface area contributed by atoms with Crippen LogP contribution in [-0.2, 0) is 11.2 Å². The number of carbonyl (C=O) groups excluding carboxylic acids is 1. The zero-order valence-corrected chi connectivity index (χ0v) is 18.3. The Bertz CT molecular complexity index is 1020. The number of benzene rings is 3. The molecule has 2 N–H and O–H groups in total. The fourth-order valence-corrected chi connectivity index (χ4v) is 3.44. The first kappa shape index (κ1) is 22.2. The number of hydrogen-bond acceptors (Lipinski definition) is 5. The van der Waals surface area contributed by atoms with Crippen molar-refractivity contribution in [3.8, 4) is 23.0 Å². The maximum Gasteiger partial charge on any atom is 0.137 e. The summed E-state index contributed by atoms with van der Waals surface area (Å²) in [5.74, 6) is 2.35. The molecule has 0 aliphatic carbocycles. The summed E-state index contributed by atoms with van der Waals surface area (Å²) >= 11 is 0. The van der Waals surface area contributed by atoms with Crippen LogP contribution in [0.15, 0.2) is 66.7 Å². The van der Waals surface area contributed by atoms with Gasteiger partial charge in [0.1, 0.15) is 28.8 Å². The maximum absolute atomic E-state index is 12.8. The molecule has 162 valence electrons. The van der Waals surface area contributed by atoms with Crippen LogP contribution in [-0.4, -0.2) is 19.5 Å². The van der Waals surface area contributed by atoms with Gasteiger partial charge < -0.3 is 19.9 Å². The number of rotatable bonds is 10. The van der Waals surface area contributed by atoms with Crippen LogP contribution in [0.4, 0.5) is 5.69 Å². The third kappa shape index (κ3) is 5.79. The Balaban J connectivity index is 2.00. The quantitative estimate of drug-likeness (QED) is 0.422. The van der Waals surface area contributed by atoms with Gasteiger partial charge in [-0.15, -0.1) is 0 Å². The van der Waals surface area contributed by atoms with E-state index in [1.807, 2.05) is 60.7 Å². The number of nitrogen functional groups attached to an aromatic ring is 1. The lowest BCUT2D eigenvalue weighted by Gasteiger charge is -2.21. The smallest absolute Gasteiger partial charge is 0.137 e. The normalized spacial score (nSPS) is 11.6. The van der Waals surface area contributed by atoms with E-state index in [1.54, 1.807) is 20.1 Å². The van der Waals surface area contributed by atoms with Crippen molar-refractivity contribution < 1.29 is 19.0 Å². The molecular formula is C26H29NO4. The number of anilines is 1. The summed E-state index contributed by atoms with van der Waals surface area (Å²) in [6.07, 6.45) is 1.34. The summed E-state index contributed by atoms with van der Waals surface area (Å²) in [7, 11) is 1.62. The molecule has 0 amide bonds. The molecule has 0 spiro atoms. The maximum atomic E-state index is 12.8. The van der Waals surface area contributed by atoms with Gasteiger partial charge in [-0.1, -0.05) is 25.1 Å². The number of methoxy groups -OCH3 is 1. The second kappa shape index (κ2) is 10.5. The molecule has 3 rings (SSSR count). The van der Waals surface area contributed by atoms with E-state index in [2.05, 4.69) is 6.92 Å². The molecule has 5 heteroatoms. The lowest BCUT2D eigenvalue weighted by molar-refractivity contribution is -0.118. The van der Waals surface area contributed by atoms with Crippen LogP contribution in [0.25, 0.3) is 0 Å². The van der Waals surface area contributed by atoms with Gasteiger partial charge in [-0.2, -0.15) is 0 Å². The molecule has 31 heavy (non-hydrogen) atoms. The number of hydrogen-bond donors (Lipinski definition) is 1. The van der Waals surface area contributed by atoms with Gasteiger partial charge in [0.25, 0.3) is 0 Å². The zero-order valence-electron chi connectivity index (χ0n) is 18.3. The number of carbonyl (C=O) groups is 1. The van der Waals surface area contributed by atoms with Crippen molar-refractivity contribution in [3.05, 3.63) is 77.9 Å². The molecule has 0 fully saturated rings. The predicted molar refractivity (Wildman–Crippen MR) is 123 cm³/mol. The molecule has 0 aliphatic heterocycles. The van der Waals surface area contributed by atoms with Crippen LogP contribution in [0, 0.1) is 0 Å². The Hall–Kier alpha value is -3.47. The van der Waals surface area contributed by atoms with Gasteiger partial charge in [0.15, 0.2) is 0 Å². The SMILES string of the molecule is CCCOc1ccc(OC)cc1CC(C(C)=O)c1cc(N)ccc1Oc1ccccc1. The van der Waals surface area contributed by atoms with E-state index in [4.69, 9.17) is 19.9 Å². The molecule has 0 saturated heterocycles. The molecule has 1 unspecified atom stereocenters. The third-order valence-corrected chi connectivity index (χ3v) is 5.02. The summed E-state index contributed by atoms with van der Waals surface area (Å²) in [4.78, 5) is 12.8. The van der Waals surface area contributed by atoms with Crippen LogP contribution < -0.4 is 19.9 Å². The van der Waals surface area contributed by atoms with Crippen LogP contribution in [0.1, 0.15) is 37.3 Å². The van der Waals surface area contributed by atoms with Crippen molar-refractivity contribution in [1.29, 1.82) is 0 Å². The first-order valence-electron chi connectivity index (χ1n) is 10.4. The van der Waals surface area contributed by atoms with Crippen molar-refractivity contribution in [3.63, 3.8) is 0 Å². The van der Waals surface area contributed by atoms with Gasteiger partial charge in [-0.05, 0) is 73.9 Å². The number of Topliss-reactive ketones (excluding diaryl/α,β-unsaturated/α-hetero) is 1. The van der Waals surface area contributed by atoms with E-state index in [9.17, 15) is 4.79 Å². The van der Waals surface area contributed by atoms with Crippen molar-refractivity contribution in [2.24, 2.45) is 0 Å². The average Bonchev–Trinajstić information content (AvgIpc) is 2.78. The van der Waals surface area contributed by atoms with E-state index in [0.29, 0.717) is 30.2 Å². The minimum atomic E-state index is -0.446. The van der Waals surface area contributed by atoms with E-state index in [0.717, 1.165) is 29.0 Å². The van der Waals surface area contributed by atoms with Crippen LogP contribution >= 0.6 is 0 Å². The lowest BCUT2D eigenvalue weighted by atomic mass is 9.87. The zero-order chi connectivity index (χ0) is 22.2. The second-order valence-electron chi connectivity index (χ2n) is 7.40. The number of para-hydroxylation sites is 1. The molecule has 0 bridgehead atoms. The highest BCUT2D eigenvalue weighted by Crippen LogP contribution is 2.37. The van der Waals surface area contributed by atoms with Crippen LogP contribution in [0.5, 0.6) is 23.0 Å². The number of ketones is 1. The van der Waals surface area contributed by atoms with Crippen LogP contribution in [0.2, 0.25) is 0 Å². The lowest BCUT2D eigenvalue weighted by Crippen LogP contribution is -2.14. The standard InChI is InChI=1S/C26H29NO4/c1-4-14-30-25-13-11-22(29-3)15-19(25)16-23(18(2)28)24-17-20(27)10-12-26(24)31-21-8-6-5-7-9-21/h5-13,15,17,23H,4,14,16,27H2,1-3H3. The summed E-state index contributed by atoms with van der Waals surface area (Å²) in [6.45, 7) is 4.25. The van der Waals surface area contributed by atoms with Crippen LogP contribution in [0.3, 0.4) is 0 Å². The van der Waals surface area contributed by atoms with Gasteiger partial charge in [0, 0.05) is 11.3 Å². The third-order valence-electron chi connectivity index (χ3n) is 5.02. The minimum Gasteiger partial charge on any atom is -0.497 e. The molecule has 0 aliphatic rings. The first-order chi connectivity index (χ1) is 15.0. The van der Waals surface area contributed by atoms with E-state index >= 15 is 0 Å². The van der Waals surface area contributed by atoms with Crippen molar-refractivity contribution in [2.45, 2.75) is 32.6 Å². The largest absolute Gasteiger partial charge is 0.497 e. The Labute approximate surface area is 183 Å². The molecule has 3 aromatic rings. The van der Waals surface area contributed by atoms with E-state index < -0.39 is 5.92 Å². The molecule has 0 heterocycles. The number of nitrogens with two attached hydrogens (primary N) is 1. The summed E-state index contributed by atoms with van der Waals surface area (Å²) in [6, 6.07) is 20.6. The van der Waals surface area contributed by atoms with Crippen molar-refractivity contribution in [1.82, 2.24) is 0 Å². The molecular weight excluding hydrogens is 390 g/mol. The molecule has 0 radical (unpaired) electrons. The topological polar surface area (TPSA) is 70.8 Å². The average molecular weight is 420 g/mol.